The molecule has 6 nitrogen and oxygen atoms in total. The minimum absolute atomic E-state index is 0.425. The first-order valence-electron chi connectivity index (χ1n) is 6.54. The molecule has 108 valence electrons. The Morgan fingerprint density at radius 3 is 2.75 bits per heavy atom. The maximum absolute atomic E-state index is 5.64. The van der Waals surface area contributed by atoms with Crippen molar-refractivity contribution < 1.29 is 13.9 Å². The van der Waals surface area contributed by atoms with E-state index < -0.39 is 0 Å². The van der Waals surface area contributed by atoms with Gasteiger partial charge >= 0.3 is 0 Å². The lowest BCUT2D eigenvalue weighted by molar-refractivity contribution is 0.402. The Hall–Kier alpha value is -2.08. The normalized spacial score (nSPS) is 10.6. The molecule has 0 saturated heterocycles. The summed E-state index contributed by atoms with van der Waals surface area (Å²) in [5.74, 6) is 2.36. The highest BCUT2D eigenvalue weighted by Crippen LogP contribution is 2.32. The van der Waals surface area contributed by atoms with Crippen LogP contribution in [0.25, 0.3) is 11.5 Å². The van der Waals surface area contributed by atoms with Gasteiger partial charge in [0.1, 0.15) is 11.5 Å². The lowest BCUT2D eigenvalue weighted by Crippen LogP contribution is -2.13. The number of aromatic nitrogens is 2. The van der Waals surface area contributed by atoms with E-state index in [4.69, 9.17) is 13.9 Å². The summed E-state index contributed by atoms with van der Waals surface area (Å²) < 4.78 is 16.2. The van der Waals surface area contributed by atoms with E-state index in [2.05, 4.69) is 22.4 Å². The zero-order valence-electron chi connectivity index (χ0n) is 12.0. The molecule has 0 radical (unpaired) electrons. The molecule has 0 spiro atoms. The molecule has 0 fully saturated rings. The van der Waals surface area contributed by atoms with E-state index in [1.807, 2.05) is 18.2 Å². The summed E-state index contributed by atoms with van der Waals surface area (Å²) in [5.41, 5.74) is 0.723. The predicted molar refractivity (Wildman–Crippen MR) is 74.8 cm³/mol. The van der Waals surface area contributed by atoms with E-state index in [-0.39, 0.29) is 0 Å². The lowest BCUT2D eigenvalue weighted by Gasteiger charge is -2.07. The third-order valence-corrected chi connectivity index (χ3v) is 2.81. The summed E-state index contributed by atoms with van der Waals surface area (Å²) in [6.45, 7) is 3.58. The number of rotatable bonds is 7. The summed E-state index contributed by atoms with van der Waals surface area (Å²) in [7, 11) is 3.21. The number of benzene rings is 1. The van der Waals surface area contributed by atoms with Gasteiger partial charge in [0.2, 0.25) is 5.89 Å². The Morgan fingerprint density at radius 1 is 1.20 bits per heavy atom. The van der Waals surface area contributed by atoms with Crippen LogP contribution in [0.3, 0.4) is 0 Å². The van der Waals surface area contributed by atoms with Crippen molar-refractivity contribution in [3.8, 4) is 23.0 Å². The Morgan fingerprint density at radius 2 is 2.05 bits per heavy atom. The molecule has 1 N–H and O–H groups in total. The third kappa shape index (κ3) is 3.27. The second kappa shape index (κ2) is 6.91. The fourth-order valence-electron chi connectivity index (χ4n) is 1.79. The van der Waals surface area contributed by atoms with Gasteiger partial charge in [-0.05, 0) is 31.2 Å². The molecule has 1 aromatic heterocycles. The van der Waals surface area contributed by atoms with E-state index in [0.29, 0.717) is 29.8 Å². The van der Waals surface area contributed by atoms with E-state index in [0.717, 1.165) is 18.5 Å². The molecule has 1 heterocycles. The van der Waals surface area contributed by atoms with E-state index in [1.165, 1.54) is 0 Å². The largest absolute Gasteiger partial charge is 0.497 e. The lowest BCUT2D eigenvalue weighted by atomic mass is 10.2. The van der Waals surface area contributed by atoms with Gasteiger partial charge in [0.15, 0.2) is 0 Å². The summed E-state index contributed by atoms with van der Waals surface area (Å²) in [6, 6.07) is 5.45. The molecule has 0 atom stereocenters. The van der Waals surface area contributed by atoms with Gasteiger partial charge in [-0.3, -0.25) is 0 Å². The number of hydrogen-bond acceptors (Lipinski definition) is 6. The van der Waals surface area contributed by atoms with Crippen molar-refractivity contribution in [2.24, 2.45) is 0 Å². The van der Waals surface area contributed by atoms with Gasteiger partial charge in [0, 0.05) is 0 Å². The quantitative estimate of drug-likeness (QED) is 0.783. The topological polar surface area (TPSA) is 69.4 Å². The molecule has 0 aliphatic rings. The maximum atomic E-state index is 5.64. The number of ether oxygens (including phenoxy) is 2. The highest BCUT2D eigenvalue weighted by molar-refractivity contribution is 5.64. The second-order valence-electron chi connectivity index (χ2n) is 4.24. The van der Waals surface area contributed by atoms with Gasteiger partial charge in [0.05, 0.1) is 26.3 Å². The van der Waals surface area contributed by atoms with Crippen molar-refractivity contribution in [2.75, 3.05) is 20.8 Å². The first-order valence-corrected chi connectivity index (χ1v) is 6.54. The summed E-state index contributed by atoms with van der Waals surface area (Å²) in [5, 5.41) is 11.3. The minimum atomic E-state index is 0.425. The van der Waals surface area contributed by atoms with Crippen LogP contribution in [-0.2, 0) is 6.54 Å². The van der Waals surface area contributed by atoms with Crippen molar-refractivity contribution in [1.82, 2.24) is 15.5 Å². The molecule has 2 aromatic rings. The van der Waals surface area contributed by atoms with Gasteiger partial charge < -0.3 is 19.2 Å². The molecule has 0 aliphatic heterocycles. The SMILES string of the molecule is CCCNCc1nnc(-c2cc(OC)ccc2OC)o1. The van der Waals surface area contributed by atoms with Crippen LogP contribution < -0.4 is 14.8 Å². The summed E-state index contributed by atoms with van der Waals surface area (Å²) in [4.78, 5) is 0. The average Bonchev–Trinajstić information content (AvgIpc) is 2.95. The van der Waals surface area contributed by atoms with Crippen LogP contribution in [0.15, 0.2) is 22.6 Å². The standard InChI is InChI=1S/C14H19N3O3/c1-4-7-15-9-13-16-17-14(20-13)11-8-10(18-2)5-6-12(11)19-3/h5-6,8,15H,4,7,9H2,1-3H3. The van der Waals surface area contributed by atoms with Crippen LogP contribution >= 0.6 is 0 Å². The monoisotopic (exact) mass is 277 g/mol. The number of hydrogen-bond donors (Lipinski definition) is 1. The third-order valence-electron chi connectivity index (χ3n) is 2.81. The predicted octanol–water partition coefficient (Wildman–Crippen LogP) is 2.25. The molecule has 0 bridgehead atoms. The van der Waals surface area contributed by atoms with Crippen LogP contribution in [0.5, 0.6) is 11.5 Å². The fraction of sp³-hybridized carbons (Fsp3) is 0.429. The summed E-state index contributed by atoms with van der Waals surface area (Å²) in [6.07, 6.45) is 1.06. The van der Waals surface area contributed by atoms with Crippen LogP contribution in [0.2, 0.25) is 0 Å². The maximum Gasteiger partial charge on any atom is 0.251 e. The van der Waals surface area contributed by atoms with Crippen molar-refractivity contribution in [3.05, 3.63) is 24.1 Å². The molecular formula is C14H19N3O3. The van der Waals surface area contributed by atoms with Crippen LogP contribution in [-0.4, -0.2) is 31.0 Å². The van der Waals surface area contributed by atoms with Crippen molar-refractivity contribution in [3.63, 3.8) is 0 Å². The van der Waals surface area contributed by atoms with E-state index in [9.17, 15) is 0 Å². The Bertz CT molecular complexity index is 554. The molecule has 2 rings (SSSR count). The molecule has 0 saturated carbocycles. The average molecular weight is 277 g/mol. The number of nitrogens with zero attached hydrogens (tertiary/aromatic N) is 2. The highest BCUT2D eigenvalue weighted by atomic mass is 16.5. The Kier molecular flexibility index (Phi) is 4.95. The minimum Gasteiger partial charge on any atom is -0.497 e. The first kappa shape index (κ1) is 14.3. The number of methoxy groups -OCH3 is 2. The first-order chi connectivity index (χ1) is 9.78. The fourth-order valence-corrected chi connectivity index (χ4v) is 1.79. The van der Waals surface area contributed by atoms with Gasteiger partial charge in [-0.15, -0.1) is 10.2 Å². The molecule has 0 unspecified atom stereocenters. The van der Waals surface area contributed by atoms with Gasteiger partial charge in [-0.2, -0.15) is 0 Å². The van der Waals surface area contributed by atoms with Crippen LogP contribution in [0, 0.1) is 0 Å². The van der Waals surface area contributed by atoms with Crippen LogP contribution in [0.1, 0.15) is 19.2 Å². The number of nitrogens with one attached hydrogen (secondary N) is 1. The van der Waals surface area contributed by atoms with Crippen molar-refractivity contribution >= 4 is 0 Å². The molecular weight excluding hydrogens is 258 g/mol. The van der Waals surface area contributed by atoms with Crippen molar-refractivity contribution in [1.29, 1.82) is 0 Å². The Labute approximate surface area is 118 Å². The molecule has 0 amide bonds. The van der Waals surface area contributed by atoms with Gasteiger partial charge in [-0.1, -0.05) is 6.92 Å². The molecule has 20 heavy (non-hydrogen) atoms. The van der Waals surface area contributed by atoms with Gasteiger partial charge in [-0.25, -0.2) is 0 Å². The molecule has 0 aliphatic carbocycles. The van der Waals surface area contributed by atoms with Crippen molar-refractivity contribution in [2.45, 2.75) is 19.9 Å². The zero-order chi connectivity index (χ0) is 14.4. The Balaban J connectivity index is 2.22. The smallest absolute Gasteiger partial charge is 0.251 e. The van der Waals surface area contributed by atoms with Gasteiger partial charge in [0.25, 0.3) is 5.89 Å². The van der Waals surface area contributed by atoms with Crippen LogP contribution in [0.4, 0.5) is 0 Å². The molecule has 6 heteroatoms. The highest BCUT2D eigenvalue weighted by Gasteiger charge is 2.14. The second-order valence-corrected chi connectivity index (χ2v) is 4.24. The zero-order valence-corrected chi connectivity index (χ0v) is 12.0. The molecule has 1 aromatic carbocycles. The van der Waals surface area contributed by atoms with E-state index in [1.54, 1.807) is 14.2 Å². The van der Waals surface area contributed by atoms with E-state index >= 15 is 0 Å². The summed E-state index contributed by atoms with van der Waals surface area (Å²) >= 11 is 0.